The number of Topliss-reactive ketones (excluding diaryl/α,β-unsaturated/α-hetero) is 1. The predicted molar refractivity (Wildman–Crippen MR) is 141 cm³/mol. The van der Waals surface area contributed by atoms with Gasteiger partial charge in [0.2, 0.25) is 0 Å². The molecule has 2 heterocycles. The summed E-state index contributed by atoms with van der Waals surface area (Å²) < 4.78 is 15.1. The molecular weight excluding hydrogens is 497 g/mol. The number of likely N-dealkylation sites (N-methyl/N-ethyl adjacent to an activating group) is 1. The standard InChI is InChI=1S/C27H31ClFN5O3/c1-15-13-34(16(2)12-33(15)17(3)18-6-8-19(29)9-7-18)26(36)21-10-20-22(25(35)27(37)32(5)30)14-31(4)24(20)11-23(21)28/h6-11,14-17H,12-13,30H2,1-5H3/t15-,16+,17?/m0/s1. The van der Waals surface area contributed by atoms with E-state index in [1.54, 1.807) is 47.0 Å². The Morgan fingerprint density at radius 3 is 2.35 bits per heavy atom. The van der Waals surface area contributed by atoms with Crippen LogP contribution in [-0.2, 0) is 11.8 Å². The monoisotopic (exact) mass is 527 g/mol. The van der Waals surface area contributed by atoms with Crippen molar-refractivity contribution in [3.63, 3.8) is 0 Å². The van der Waals surface area contributed by atoms with Crippen LogP contribution in [0.2, 0.25) is 5.02 Å². The number of hydrogen-bond acceptors (Lipinski definition) is 5. The third kappa shape index (κ3) is 4.99. The maximum atomic E-state index is 13.7. The Labute approximate surface area is 220 Å². The van der Waals surface area contributed by atoms with Crippen LogP contribution in [0.5, 0.6) is 0 Å². The van der Waals surface area contributed by atoms with E-state index in [1.807, 2.05) is 6.92 Å². The van der Waals surface area contributed by atoms with E-state index in [2.05, 4.69) is 18.7 Å². The normalized spacial score (nSPS) is 19.2. The number of amides is 2. The molecule has 1 aromatic heterocycles. The van der Waals surface area contributed by atoms with Crippen molar-refractivity contribution in [3.8, 4) is 0 Å². The Bertz CT molecular complexity index is 1370. The minimum Gasteiger partial charge on any atom is -0.350 e. The number of fused-ring (bicyclic) bond motifs is 1. The van der Waals surface area contributed by atoms with Gasteiger partial charge in [-0.25, -0.2) is 10.2 Å². The lowest BCUT2D eigenvalue weighted by Gasteiger charge is -2.46. The van der Waals surface area contributed by atoms with Gasteiger partial charge in [0, 0.05) is 56.9 Å². The zero-order valence-corrected chi connectivity index (χ0v) is 22.3. The van der Waals surface area contributed by atoms with Gasteiger partial charge in [0.1, 0.15) is 5.82 Å². The summed E-state index contributed by atoms with van der Waals surface area (Å²) in [6, 6.07) is 9.67. The van der Waals surface area contributed by atoms with Crippen LogP contribution < -0.4 is 5.84 Å². The fourth-order valence-electron chi connectivity index (χ4n) is 5.09. The molecule has 1 fully saturated rings. The highest BCUT2D eigenvalue weighted by atomic mass is 35.5. The molecule has 196 valence electrons. The summed E-state index contributed by atoms with van der Waals surface area (Å²) in [5.41, 5.74) is 2.05. The van der Waals surface area contributed by atoms with Crippen molar-refractivity contribution in [2.75, 3.05) is 20.1 Å². The first-order valence-corrected chi connectivity index (χ1v) is 12.5. The molecule has 3 atom stereocenters. The number of aromatic nitrogens is 1. The van der Waals surface area contributed by atoms with Crippen molar-refractivity contribution < 1.29 is 18.8 Å². The topological polar surface area (TPSA) is 91.9 Å². The molecule has 10 heteroatoms. The number of aryl methyl sites for hydroxylation is 1. The van der Waals surface area contributed by atoms with Crippen molar-refractivity contribution in [2.45, 2.75) is 38.9 Å². The van der Waals surface area contributed by atoms with Crippen LogP contribution in [-0.4, -0.2) is 69.2 Å². The molecule has 1 saturated heterocycles. The highest BCUT2D eigenvalue weighted by Crippen LogP contribution is 2.32. The van der Waals surface area contributed by atoms with E-state index in [4.69, 9.17) is 17.4 Å². The average molecular weight is 528 g/mol. The van der Waals surface area contributed by atoms with Gasteiger partial charge in [-0.2, -0.15) is 0 Å². The summed E-state index contributed by atoms with van der Waals surface area (Å²) in [5.74, 6) is 3.34. The number of hydrazine groups is 1. The summed E-state index contributed by atoms with van der Waals surface area (Å²) in [6.07, 6.45) is 1.54. The lowest BCUT2D eigenvalue weighted by molar-refractivity contribution is -0.125. The summed E-state index contributed by atoms with van der Waals surface area (Å²) in [4.78, 5) is 42.8. The molecule has 1 aliphatic heterocycles. The fraction of sp³-hybridized carbons (Fsp3) is 0.370. The van der Waals surface area contributed by atoms with Crippen LogP contribution >= 0.6 is 11.6 Å². The average Bonchev–Trinajstić information content (AvgIpc) is 3.18. The van der Waals surface area contributed by atoms with Crippen LogP contribution in [0.4, 0.5) is 4.39 Å². The molecule has 8 nitrogen and oxygen atoms in total. The number of benzene rings is 2. The van der Waals surface area contributed by atoms with Gasteiger partial charge in [-0.15, -0.1) is 0 Å². The van der Waals surface area contributed by atoms with E-state index >= 15 is 0 Å². The minimum absolute atomic E-state index is 0.0364. The van der Waals surface area contributed by atoms with Gasteiger partial charge in [-0.05, 0) is 50.6 Å². The summed E-state index contributed by atoms with van der Waals surface area (Å²) in [7, 11) is 3.04. The molecular formula is C27H31ClFN5O3. The molecule has 0 aliphatic carbocycles. The lowest BCUT2D eigenvalue weighted by atomic mass is 9.99. The maximum absolute atomic E-state index is 13.7. The van der Waals surface area contributed by atoms with Crippen LogP contribution in [0.1, 0.15) is 53.1 Å². The second-order valence-electron chi connectivity index (χ2n) is 9.83. The molecule has 2 N–H and O–H groups in total. The molecule has 0 bridgehead atoms. The quantitative estimate of drug-likeness (QED) is 0.179. The van der Waals surface area contributed by atoms with Gasteiger partial charge < -0.3 is 9.47 Å². The van der Waals surface area contributed by atoms with Crippen molar-refractivity contribution in [3.05, 3.63) is 70.1 Å². The Morgan fingerprint density at radius 2 is 1.73 bits per heavy atom. The van der Waals surface area contributed by atoms with Crippen molar-refractivity contribution in [2.24, 2.45) is 12.9 Å². The lowest BCUT2D eigenvalue weighted by Crippen LogP contribution is -2.58. The fourth-order valence-corrected chi connectivity index (χ4v) is 5.33. The van der Waals surface area contributed by atoms with E-state index < -0.39 is 11.7 Å². The van der Waals surface area contributed by atoms with Crippen molar-refractivity contribution >= 4 is 40.1 Å². The molecule has 1 unspecified atom stereocenters. The molecule has 0 radical (unpaired) electrons. The zero-order valence-electron chi connectivity index (χ0n) is 21.5. The van der Waals surface area contributed by atoms with E-state index in [-0.39, 0.29) is 46.0 Å². The first kappa shape index (κ1) is 26.8. The number of nitrogens with two attached hydrogens (primary N) is 1. The number of hydrogen-bond donors (Lipinski definition) is 1. The number of ketones is 1. The third-order valence-corrected chi connectivity index (χ3v) is 7.53. The van der Waals surface area contributed by atoms with E-state index in [9.17, 15) is 18.8 Å². The number of carbonyl (C=O) groups is 3. The smallest absolute Gasteiger partial charge is 0.308 e. The van der Waals surface area contributed by atoms with Gasteiger partial charge in [0.25, 0.3) is 11.7 Å². The molecule has 4 rings (SSSR count). The third-order valence-electron chi connectivity index (χ3n) is 7.21. The first-order valence-electron chi connectivity index (χ1n) is 12.1. The highest BCUT2D eigenvalue weighted by Gasteiger charge is 2.36. The summed E-state index contributed by atoms with van der Waals surface area (Å²) in [6.45, 7) is 7.20. The van der Waals surface area contributed by atoms with Crippen molar-refractivity contribution in [1.82, 2.24) is 19.4 Å². The Morgan fingerprint density at radius 1 is 1.08 bits per heavy atom. The second-order valence-corrected chi connectivity index (χ2v) is 10.2. The zero-order chi connectivity index (χ0) is 27.2. The molecule has 0 spiro atoms. The number of halogens is 2. The van der Waals surface area contributed by atoms with E-state index in [0.717, 1.165) is 10.6 Å². The molecule has 3 aromatic rings. The van der Waals surface area contributed by atoms with Gasteiger partial charge in [0.15, 0.2) is 0 Å². The second kappa shape index (κ2) is 10.2. The molecule has 37 heavy (non-hydrogen) atoms. The van der Waals surface area contributed by atoms with Gasteiger partial charge in [-0.3, -0.25) is 24.3 Å². The van der Waals surface area contributed by atoms with E-state index in [0.29, 0.717) is 24.0 Å². The number of piperazine rings is 1. The first-order chi connectivity index (χ1) is 17.4. The number of rotatable bonds is 5. The van der Waals surface area contributed by atoms with Crippen LogP contribution in [0, 0.1) is 5.82 Å². The van der Waals surface area contributed by atoms with Gasteiger partial charge in [-0.1, -0.05) is 23.7 Å². The SMILES string of the molecule is CC(c1ccc(F)cc1)N1C[C@@H](C)N(C(=O)c2cc3c(C(=O)C(=O)N(C)N)cn(C)c3cc2Cl)C[C@@H]1C. The van der Waals surface area contributed by atoms with Gasteiger partial charge >= 0.3 is 5.91 Å². The van der Waals surface area contributed by atoms with E-state index in [1.165, 1.54) is 19.2 Å². The molecule has 2 aromatic carbocycles. The Kier molecular flexibility index (Phi) is 7.41. The number of nitrogens with zero attached hydrogens (tertiary/aromatic N) is 4. The molecule has 2 amide bonds. The summed E-state index contributed by atoms with van der Waals surface area (Å²) in [5, 5.41) is 1.46. The van der Waals surface area contributed by atoms with Crippen molar-refractivity contribution in [1.29, 1.82) is 0 Å². The van der Waals surface area contributed by atoms with Crippen LogP contribution in [0.25, 0.3) is 10.9 Å². The molecule has 0 saturated carbocycles. The largest absolute Gasteiger partial charge is 0.350 e. The Balaban J connectivity index is 1.62. The predicted octanol–water partition coefficient (Wildman–Crippen LogP) is 3.78. The number of carbonyl (C=O) groups excluding carboxylic acids is 3. The molecule has 1 aliphatic rings. The highest BCUT2D eigenvalue weighted by molar-refractivity contribution is 6.45. The Hall–Kier alpha value is -3.27. The van der Waals surface area contributed by atoms with Gasteiger partial charge in [0.05, 0.1) is 21.7 Å². The summed E-state index contributed by atoms with van der Waals surface area (Å²) >= 11 is 6.57. The maximum Gasteiger partial charge on any atom is 0.308 e. The minimum atomic E-state index is -0.857. The van der Waals surface area contributed by atoms with Crippen LogP contribution in [0.3, 0.4) is 0 Å². The van der Waals surface area contributed by atoms with Crippen LogP contribution in [0.15, 0.2) is 42.6 Å².